The maximum Gasteiger partial charge on any atom is 0.201 e. The first-order chi connectivity index (χ1) is 9.13. The van der Waals surface area contributed by atoms with Gasteiger partial charge in [0.05, 0.1) is 17.1 Å². The fourth-order valence-electron chi connectivity index (χ4n) is 2.38. The molecule has 98 valence electrons. The van der Waals surface area contributed by atoms with Gasteiger partial charge in [-0.15, -0.1) is 11.3 Å². The van der Waals surface area contributed by atoms with E-state index in [0.29, 0.717) is 0 Å². The number of thiophene rings is 1. The van der Waals surface area contributed by atoms with Crippen LogP contribution in [-0.4, -0.2) is 9.97 Å². The van der Waals surface area contributed by atoms with Gasteiger partial charge >= 0.3 is 0 Å². The molecule has 1 unspecified atom stereocenters. The van der Waals surface area contributed by atoms with Crippen LogP contribution in [0.4, 0.5) is 5.95 Å². The van der Waals surface area contributed by atoms with Crippen molar-refractivity contribution in [2.45, 2.75) is 26.8 Å². The topological polar surface area (TPSA) is 40.7 Å². The van der Waals surface area contributed by atoms with E-state index < -0.39 is 0 Å². The van der Waals surface area contributed by atoms with Gasteiger partial charge in [0.2, 0.25) is 5.95 Å². The van der Waals surface area contributed by atoms with Crippen molar-refractivity contribution in [3.05, 3.63) is 45.6 Å². The zero-order chi connectivity index (χ0) is 13.4. The van der Waals surface area contributed by atoms with Crippen molar-refractivity contribution in [2.75, 3.05) is 5.32 Å². The van der Waals surface area contributed by atoms with E-state index >= 15 is 0 Å². The van der Waals surface area contributed by atoms with Gasteiger partial charge in [-0.1, -0.05) is 12.1 Å². The Bertz CT molecular complexity index is 678. The van der Waals surface area contributed by atoms with Gasteiger partial charge in [-0.3, -0.25) is 0 Å². The number of H-pyrrole nitrogens is 1. The summed E-state index contributed by atoms with van der Waals surface area (Å²) in [6, 6.07) is 10.6. The van der Waals surface area contributed by atoms with E-state index in [1.807, 2.05) is 35.6 Å². The third-order valence-corrected chi connectivity index (χ3v) is 4.27. The lowest BCUT2D eigenvalue weighted by Crippen LogP contribution is -2.07. The SMILES string of the molecule is Cc1cc(C(C)Nc2nc3ccccc3[nH]2)c(C)s1. The number of imidazole rings is 1. The van der Waals surface area contributed by atoms with Crippen LogP contribution < -0.4 is 5.32 Å². The fraction of sp³-hybridized carbons (Fsp3) is 0.267. The minimum absolute atomic E-state index is 0.255. The zero-order valence-electron chi connectivity index (χ0n) is 11.3. The lowest BCUT2D eigenvalue weighted by atomic mass is 10.1. The zero-order valence-corrected chi connectivity index (χ0v) is 12.1. The van der Waals surface area contributed by atoms with E-state index in [1.54, 1.807) is 0 Å². The standard InChI is InChI=1S/C15H17N3S/c1-9-8-12(11(3)19-9)10(2)16-15-17-13-6-4-5-7-14(13)18-15/h4-8,10H,1-3H3,(H2,16,17,18). The number of aryl methyl sites for hydroxylation is 2. The number of rotatable bonds is 3. The molecule has 0 aliphatic carbocycles. The first kappa shape index (κ1) is 12.2. The maximum atomic E-state index is 4.55. The average Bonchev–Trinajstić information content (AvgIpc) is 2.91. The molecule has 2 aromatic heterocycles. The van der Waals surface area contributed by atoms with E-state index in [0.717, 1.165) is 17.0 Å². The van der Waals surface area contributed by atoms with Gasteiger partial charge in [0.1, 0.15) is 0 Å². The van der Waals surface area contributed by atoms with E-state index in [-0.39, 0.29) is 6.04 Å². The Hall–Kier alpha value is -1.81. The first-order valence-electron chi connectivity index (χ1n) is 6.41. The van der Waals surface area contributed by atoms with Crippen LogP contribution in [0.3, 0.4) is 0 Å². The second-order valence-electron chi connectivity index (χ2n) is 4.84. The molecule has 0 bridgehead atoms. The highest BCUT2D eigenvalue weighted by Gasteiger charge is 2.12. The number of para-hydroxylation sites is 2. The van der Waals surface area contributed by atoms with Gasteiger partial charge < -0.3 is 10.3 Å². The number of nitrogens with zero attached hydrogens (tertiary/aromatic N) is 1. The molecular formula is C15H17N3S. The average molecular weight is 271 g/mol. The molecule has 3 aromatic rings. The Balaban J connectivity index is 1.86. The number of benzene rings is 1. The van der Waals surface area contributed by atoms with Gasteiger partial charge in [0.25, 0.3) is 0 Å². The third kappa shape index (κ3) is 2.36. The smallest absolute Gasteiger partial charge is 0.201 e. The summed E-state index contributed by atoms with van der Waals surface area (Å²) in [5.74, 6) is 0.831. The van der Waals surface area contributed by atoms with Crippen LogP contribution in [-0.2, 0) is 0 Å². The van der Waals surface area contributed by atoms with Crippen molar-refractivity contribution in [2.24, 2.45) is 0 Å². The maximum absolute atomic E-state index is 4.55. The summed E-state index contributed by atoms with van der Waals surface area (Å²) in [7, 11) is 0. The van der Waals surface area contributed by atoms with Crippen LogP contribution in [0.15, 0.2) is 30.3 Å². The first-order valence-corrected chi connectivity index (χ1v) is 7.23. The van der Waals surface area contributed by atoms with Gasteiger partial charge in [-0.2, -0.15) is 0 Å². The lowest BCUT2D eigenvalue weighted by molar-refractivity contribution is 0.866. The molecule has 0 radical (unpaired) electrons. The Morgan fingerprint density at radius 3 is 2.74 bits per heavy atom. The largest absolute Gasteiger partial charge is 0.349 e. The third-order valence-electron chi connectivity index (χ3n) is 3.29. The van der Waals surface area contributed by atoms with Crippen LogP contribution in [0.2, 0.25) is 0 Å². The summed E-state index contributed by atoms with van der Waals surface area (Å²) in [4.78, 5) is 10.6. The monoisotopic (exact) mass is 271 g/mol. The predicted octanol–water partition coefficient (Wildman–Crippen LogP) is 4.41. The van der Waals surface area contributed by atoms with Gasteiger partial charge in [0, 0.05) is 9.75 Å². The molecule has 19 heavy (non-hydrogen) atoms. The molecule has 3 nitrogen and oxygen atoms in total. The molecule has 1 atom stereocenters. The minimum atomic E-state index is 0.255. The lowest BCUT2D eigenvalue weighted by Gasteiger charge is -2.12. The van der Waals surface area contributed by atoms with E-state index in [1.165, 1.54) is 15.3 Å². The highest BCUT2D eigenvalue weighted by atomic mass is 32.1. The number of aromatic amines is 1. The second-order valence-corrected chi connectivity index (χ2v) is 6.30. The molecule has 3 rings (SSSR count). The molecule has 1 aromatic carbocycles. The molecule has 0 saturated heterocycles. The Kier molecular flexibility index (Phi) is 3.03. The summed E-state index contributed by atoms with van der Waals surface area (Å²) in [5, 5.41) is 3.44. The Morgan fingerprint density at radius 1 is 1.26 bits per heavy atom. The van der Waals surface area contributed by atoms with E-state index in [9.17, 15) is 0 Å². The summed E-state index contributed by atoms with van der Waals surface area (Å²) in [6.45, 7) is 6.49. The molecule has 0 aliphatic rings. The van der Waals surface area contributed by atoms with Crippen LogP contribution in [0.1, 0.15) is 28.3 Å². The minimum Gasteiger partial charge on any atom is -0.349 e. The van der Waals surface area contributed by atoms with Crippen molar-refractivity contribution in [3.63, 3.8) is 0 Å². The molecule has 2 heterocycles. The van der Waals surface area contributed by atoms with Crippen molar-refractivity contribution in [1.82, 2.24) is 9.97 Å². The number of nitrogens with one attached hydrogen (secondary N) is 2. The Labute approximate surface area is 116 Å². The summed E-state index contributed by atoms with van der Waals surface area (Å²) in [6.07, 6.45) is 0. The fourth-order valence-corrected chi connectivity index (χ4v) is 3.41. The van der Waals surface area contributed by atoms with E-state index in [4.69, 9.17) is 0 Å². The number of fused-ring (bicyclic) bond motifs is 1. The highest BCUT2D eigenvalue weighted by molar-refractivity contribution is 7.12. The van der Waals surface area contributed by atoms with Crippen LogP contribution in [0, 0.1) is 13.8 Å². The van der Waals surface area contributed by atoms with Crippen molar-refractivity contribution in [3.8, 4) is 0 Å². The van der Waals surface area contributed by atoms with Crippen molar-refractivity contribution < 1.29 is 0 Å². The normalized spacial score (nSPS) is 12.8. The summed E-state index contributed by atoms with van der Waals surface area (Å²) in [5.41, 5.74) is 3.41. The van der Waals surface area contributed by atoms with Gasteiger partial charge in [-0.25, -0.2) is 4.98 Å². The second kappa shape index (κ2) is 4.70. The number of aromatic nitrogens is 2. The molecule has 0 aliphatic heterocycles. The van der Waals surface area contributed by atoms with Crippen molar-refractivity contribution in [1.29, 1.82) is 0 Å². The molecule has 0 amide bonds. The Morgan fingerprint density at radius 2 is 2.05 bits per heavy atom. The van der Waals surface area contributed by atoms with Crippen molar-refractivity contribution >= 4 is 28.3 Å². The van der Waals surface area contributed by atoms with Crippen LogP contribution in [0.5, 0.6) is 0 Å². The highest BCUT2D eigenvalue weighted by Crippen LogP contribution is 2.28. The van der Waals surface area contributed by atoms with Crippen LogP contribution in [0.25, 0.3) is 11.0 Å². The molecule has 4 heteroatoms. The van der Waals surface area contributed by atoms with E-state index in [2.05, 4.69) is 42.1 Å². The number of hydrogen-bond donors (Lipinski definition) is 2. The van der Waals surface area contributed by atoms with Gasteiger partial charge in [-0.05, 0) is 44.5 Å². The number of hydrogen-bond acceptors (Lipinski definition) is 3. The van der Waals surface area contributed by atoms with Crippen LogP contribution >= 0.6 is 11.3 Å². The summed E-state index contributed by atoms with van der Waals surface area (Å²) < 4.78 is 0. The molecule has 2 N–H and O–H groups in total. The quantitative estimate of drug-likeness (QED) is 0.740. The van der Waals surface area contributed by atoms with Gasteiger partial charge in [0.15, 0.2) is 0 Å². The summed E-state index contributed by atoms with van der Waals surface area (Å²) >= 11 is 1.84. The molecule has 0 fully saturated rings. The number of anilines is 1. The molecule has 0 saturated carbocycles. The molecule has 0 spiro atoms. The molecular weight excluding hydrogens is 254 g/mol. The predicted molar refractivity (Wildman–Crippen MR) is 81.9 cm³/mol.